The van der Waals surface area contributed by atoms with Crippen molar-refractivity contribution in [2.24, 2.45) is 5.10 Å². The quantitative estimate of drug-likeness (QED) is 0.427. The fourth-order valence-corrected chi connectivity index (χ4v) is 4.29. The summed E-state index contributed by atoms with van der Waals surface area (Å²) in [6.45, 7) is -0.328. The highest BCUT2D eigenvalue weighted by Gasteiger charge is 2.26. The highest BCUT2D eigenvalue weighted by Crippen LogP contribution is 2.18. The van der Waals surface area contributed by atoms with Crippen LogP contribution in [0.4, 0.5) is 0 Å². The number of hydrogen-bond acceptors (Lipinski definition) is 4. The van der Waals surface area contributed by atoms with Crippen LogP contribution >= 0.6 is 11.6 Å². The summed E-state index contributed by atoms with van der Waals surface area (Å²) in [4.78, 5) is 12.6. The van der Waals surface area contributed by atoms with Crippen LogP contribution in [0.25, 0.3) is 0 Å². The van der Waals surface area contributed by atoms with E-state index in [1.807, 2.05) is 18.2 Å². The van der Waals surface area contributed by atoms with Gasteiger partial charge in [-0.3, -0.25) is 4.79 Å². The van der Waals surface area contributed by atoms with Crippen molar-refractivity contribution in [2.45, 2.75) is 11.4 Å². The summed E-state index contributed by atoms with van der Waals surface area (Å²) in [5.74, 6) is -0.561. The van der Waals surface area contributed by atoms with E-state index in [0.29, 0.717) is 10.6 Å². The van der Waals surface area contributed by atoms with E-state index >= 15 is 0 Å². The van der Waals surface area contributed by atoms with Crippen LogP contribution < -0.4 is 5.43 Å². The first-order valence-corrected chi connectivity index (χ1v) is 10.9. The maximum absolute atomic E-state index is 13.1. The Balaban J connectivity index is 1.76. The number of benzene rings is 3. The minimum atomic E-state index is -3.88. The minimum Gasteiger partial charge on any atom is -0.272 e. The van der Waals surface area contributed by atoms with Crippen LogP contribution in [-0.4, -0.2) is 31.4 Å². The number of rotatable bonds is 8. The van der Waals surface area contributed by atoms with Crippen LogP contribution in [0.5, 0.6) is 0 Å². The molecule has 1 N–H and O–H groups in total. The maximum Gasteiger partial charge on any atom is 0.255 e. The molecule has 0 spiro atoms. The molecule has 0 aliphatic rings. The topological polar surface area (TPSA) is 78.8 Å². The van der Waals surface area contributed by atoms with E-state index in [0.717, 1.165) is 9.87 Å². The van der Waals surface area contributed by atoms with Gasteiger partial charge in [0.05, 0.1) is 17.7 Å². The predicted molar refractivity (Wildman–Crippen MR) is 118 cm³/mol. The van der Waals surface area contributed by atoms with Crippen molar-refractivity contribution < 1.29 is 13.2 Å². The van der Waals surface area contributed by atoms with Crippen molar-refractivity contribution >= 4 is 33.7 Å². The van der Waals surface area contributed by atoms with E-state index < -0.39 is 15.9 Å². The summed E-state index contributed by atoms with van der Waals surface area (Å²) in [6, 6.07) is 24.1. The monoisotopic (exact) mass is 441 g/mol. The minimum absolute atomic E-state index is 0.0553. The van der Waals surface area contributed by atoms with Crippen molar-refractivity contribution in [1.82, 2.24) is 9.73 Å². The van der Waals surface area contributed by atoms with Crippen LogP contribution in [0.1, 0.15) is 11.1 Å². The van der Waals surface area contributed by atoms with Crippen molar-refractivity contribution in [3.05, 3.63) is 101 Å². The van der Waals surface area contributed by atoms with Gasteiger partial charge in [-0.2, -0.15) is 9.41 Å². The molecule has 30 heavy (non-hydrogen) atoms. The van der Waals surface area contributed by atoms with Crippen molar-refractivity contribution in [1.29, 1.82) is 0 Å². The van der Waals surface area contributed by atoms with Gasteiger partial charge in [0.25, 0.3) is 5.91 Å². The first kappa shape index (κ1) is 21.7. The van der Waals surface area contributed by atoms with E-state index in [9.17, 15) is 13.2 Å². The maximum atomic E-state index is 13.1. The van der Waals surface area contributed by atoms with Gasteiger partial charge in [-0.15, -0.1) is 0 Å². The highest BCUT2D eigenvalue weighted by atomic mass is 35.5. The molecule has 6 nitrogen and oxygen atoms in total. The molecular formula is C22H20ClN3O3S. The third kappa shape index (κ3) is 5.76. The van der Waals surface area contributed by atoms with Gasteiger partial charge in [-0.1, -0.05) is 78.3 Å². The van der Waals surface area contributed by atoms with E-state index in [1.54, 1.807) is 54.6 Å². The Morgan fingerprint density at radius 3 is 2.20 bits per heavy atom. The molecule has 0 radical (unpaired) electrons. The molecule has 8 heteroatoms. The van der Waals surface area contributed by atoms with Gasteiger partial charge >= 0.3 is 0 Å². The molecule has 0 saturated carbocycles. The predicted octanol–water partition coefficient (Wildman–Crippen LogP) is 3.68. The molecule has 1 amide bonds. The second-order valence-electron chi connectivity index (χ2n) is 6.39. The van der Waals surface area contributed by atoms with Gasteiger partial charge in [0.15, 0.2) is 0 Å². The van der Waals surface area contributed by atoms with Gasteiger partial charge in [-0.25, -0.2) is 13.8 Å². The highest BCUT2D eigenvalue weighted by molar-refractivity contribution is 7.89. The Bertz CT molecular complexity index is 1120. The van der Waals surface area contributed by atoms with Crippen LogP contribution in [-0.2, 0) is 21.4 Å². The smallest absolute Gasteiger partial charge is 0.255 e. The molecule has 0 aliphatic carbocycles. The van der Waals surface area contributed by atoms with E-state index in [-0.39, 0.29) is 18.0 Å². The Morgan fingerprint density at radius 1 is 0.933 bits per heavy atom. The normalized spacial score (nSPS) is 11.7. The molecule has 0 aliphatic heterocycles. The summed E-state index contributed by atoms with van der Waals surface area (Å²) in [5.41, 5.74) is 3.77. The van der Waals surface area contributed by atoms with Gasteiger partial charge in [0, 0.05) is 17.1 Å². The van der Waals surface area contributed by atoms with E-state index in [4.69, 9.17) is 11.6 Å². The fourth-order valence-electron chi connectivity index (χ4n) is 2.70. The molecule has 0 heterocycles. The largest absolute Gasteiger partial charge is 0.272 e. The number of halogens is 1. The standard InChI is InChI=1S/C22H20ClN3O3S/c23-21-14-8-7-11-19(21)15-24-25-22(27)17-26(16-18-9-3-1-4-10-18)30(28,29)20-12-5-2-6-13-20/h1-15H,16-17H2,(H,25,27)/b24-15+. The molecule has 0 atom stereocenters. The number of nitrogens with one attached hydrogen (secondary N) is 1. The third-order valence-corrected chi connectivity index (χ3v) is 6.35. The van der Waals surface area contributed by atoms with Gasteiger partial charge < -0.3 is 0 Å². The molecule has 0 bridgehead atoms. The lowest BCUT2D eigenvalue weighted by Crippen LogP contribution is -2.39. The molecule has 0 saturated heterocycles. The van der Waals surface area contributed by atoms with Gasteiger partial charge in [-0.05, 0) is 23.8 Å². The van der Waals surface area contributed by atoms with Crippen LogP contribution in [0.2, 0.25) is 5.02 Å². The Labute approximate surface area is 180 Å². The second kappa shape index (κ2) is 10.2. The van der Waals surface area contributed by atoms with Crippen molar-refractivity contribution in [2.75, 3.05) is 6.54 Å². The molecule has 3 aromatic carbocycles. The van der Waals surface area contributed by atoms with Gasteiger partial charge in [0.2, 0.25) is 10.0 Å². The third-order valence-electron chi connectivity index (χ3n) is 4.20. The zero-order chi connectivity index (χ0) is 21.4. The molecule has 3 rings (SSSR count). The summed E-state index contributed by atoms with van der Waals surface area (Å²) in [5, 5.41) is 4.38. The zero-order valence-electron chi connectivity index (χ0n) is 16.0. The number of carbonyl (C=O) groups is 1. The Kier molecular flexibility index (Phi) is 7.35. The lowest BCUT2D eigenvalue weighted by molar-refractivity contribution is -0.121. The van der Waals surface area contributed by atoms with E-state index in [2.05, 4.69) is 10.5 Å². The fraction of sp³-hybridized carbons (Fsp3) is 0.0909. The summed E-state index contributed by atoms with van der Waals surface area (Å²) >= 11 is 6.05. The first-order valence-electron chi connectivity index (χ1n) is 9.12. The molecule has 0 unspecified atom stereocenters. The first-order chi connectivity index (χ1) is 14.5. The zero-order valence-corrected chi connectivity index (χ0v) is 17.6. The SMILES string of the molecule is O=C(CN(Cc1ccccc1)S(=O)(=O)c1ccccc1)N/N=C/c1ccccc1Cl. The van der Waals surface area contributed by atoms with Crippen molar-refractivity contribution in [3.8, 4) is 0 Å². The Morgan fingerprint density at radius 2 is 1.53 bits per heavy atom. The number of amides is 1. The number of hydrazone groups is 1. The lowest BCUT2D eigenvalue weighted by atomic mass is 10.2. The lowest BCUT2D eigenvalue weighted by Gasteiger charge is -2.21. The van der Waals surface area contributed by atoms with Crippen LogP contribution in [0, 0.1) is 0 Å². The summed E-state index contributed by atoms with van der Waals surface area (Å²) in [7, 11) is -3.88. The number of nitrogens with zero attached hydrogens (tertiary/aromatic N) is 2. The molecule has 3 aromatic rings. The van der Waals surface area contributed by atoms with Gasteiger partial charge in [0.1, 0.15) is 0 Å². The molecule has 154 valence electrons. The van der Waals surface area contributed by atoms with E-state index in [1.165, 1.54) is 18.3 Å². The average Bonchev–Trinajstić information content (AvgIpc) is 2.76. The molecular weight excluding hydrogens is 422 g/mol. The van der Waals surface area contributed by atoms with Crippen LogP contribution in [0.3, 0.4) is 0 Å². The van der Waals surface area contributed by atoms with Crippen LogP contribution in [0.15, 0.2) is 94.9 Å². The Hall–Kier alpha value is -3.00. The molecule has 0 fully saturated rings. The number of sulfonamides is 1. The second-order valence-corrected chi connectivity index (χ2v) is 8.73. The summed E-state index contributed by atoms with van der Waals surface area (Å²) in [6.07, 6.45) is 1.41. The average molecular weight is 442 g/mol. The number of hydrogen-bond donors (Lipinski definition) is 1. The van der Waals surface area contributed by atoms with Crippen molar-refractivity contribution in [3.63, 3.8) is 0 Å². The molecule has 0 aromatic heterocycles. The summed E-state index contributed by atoms with van der Waals surface area (Å²) < 4.78 is 27.3. The number of carbonyl (C=O) groups excluding carboxylic acids is 1.